The second-order valence-corrected chi connectivity index (χ2v) is 5.38. The molecule has 0 aliphatic rings. The molecule has 1 aromatic carbocycles. The quantitative estimate of drug-likeness (QED) is 0.877. The van der Waals surface area contributed by atoms with Crippen molar-refractivity contribution in [1.82, 2.24) is 5.32 Å². The van der Waals surface area contributed by atoms with Crippen LogP contribution in [0.4, 0.5) is 4.39 Å². The summed E-state index contributed by atoms with van der Waals surface area (Å²) in [4.78, 5) is 11.5. The van der Waals surface area contributed by atoms with Gasteiger partial charge in [-0.05, 0) is 29.7 Å². The zero-order chi connectivity index (χ0) is 13.7. The number of nitrogens with one attached hydrogen (secondary N) is 1. The number of aliphatic hydroxyl groups excluding tert-OH is 1. The van der Waals surface area contributed by atoms with Gasteiger partial charge in [-0.3, -0.25) is 4.79 Å². The van der Waals surface area contributed by atoms with Gasteiger partial charge in [0, 0.05) is 11.0 Å². The molecule has 18 heavy (non-hydrogen) atoms. The summed E-state index contributed by atoms with van der Waals surface area (Å²) in [6.07, 6.45) is -0.592. The van der Waals surface area contributed by atoms with Gasteiger partial charge in [-0.2, -0.15) is 0 Å². The maximum atomic E-state index is 13.0. The number of aliphatic hydroxyl groups is 1. The van der Waals surface area contributed by atoms with E-state index in [9.17, 15) is 14.3 Å². The van der Waals surface area contributed by atoms with E-state index < -0.39 is 6.10 Å². The van der Waals surface area contributed by atoms with Gasteiger partial charge in [-0.15, -0.1) is 0 Å². The Kier molecular flexibility index (Phi) is 5.75. The van der Waals surface area contributed by atoms with E-state index in [1.807, 2.05) is 13.8 Å². The minimum atomic E-state index is -0.652. The first kappa shape index (κ1) is 15.1. The standard InChI is InChI=1S/C13H17BrFNO2/c1-8(2)12(17)6-13(18)16-7-9-5-10(15)3-4-11(9)14/h3-5,8,12,17H,6-7H2,1-2H3,(H,16,18). The lowest BCUT2D eigenvalue weighted by Crippen LogP contribution is -2.29. The van der Waals surface area contributed by atoms with Crippen LogP contribution in [0.3, 0.4) is 0 Å². The third kappa shape index (κ3) is 4.74. The SMILES string of the molecule is CC(C)C(O)CC(=O)NCc1cc(F)ccc1Br. The van der Waals surface area contributed by atoms with Crippen molar-refractivity contribution in [1.29, 1.82) is 0 Å². The number of carbonyl (C=O) groups excluding carboxylic acids is 1. The molecule has 0 spiro atoms. The number of amides is 1. The number of carbonyl (C=O) groups is 1. The van der Waals surface area contributed by atoms with E-state index in [0.29, 0.717) is 5.56 Å². The van der Waals surface area contributed by atoms with Crippen LogP contribution in [0.25, 0.3) is 0 Å². The molecule has 0 aliphatic heterocycles. The van der Waals surface area contributed by atoms with Crippen molar-refractivity contribution < 1.29 is 14.3 Å². The Morgan fingerprint density at radius 2 is 2.17 bits per heavy atom. The molecule has 0 aliphatic carbocycles. The molecular formula is C13H17BrFNO2. The average Bonchev–Trinajstić information content (AvgIpc) is 2.30. The van der Waals surface area contributed by atoms with Crippen LogP contribution in [0.2, 0.25) is 0 Å². The largest absolute Gasteiger partial charge is 0.392 e. The predicted octanol–water partition coefficient (Wildman–Crippen LogP) is 2.61. The fourth-order valence-electron chi connectivity index (χ4n) is 1.37. The first-order valence-corrected chi connectivity index (χ1v) is 6.58. The molecule has 1 amide bonds. The van der Waals surface area contributed by atoms with Crippen molar-refractivity contribution in [3.05, 3.63) is 34.1 Å². The average molecular weight is 318 g/mol. The number of benzene rings is 1. The summed E-state index contributed by atoms with van der Waals surface area (Å²) < 4.78 is 13.8. The fraction of sp³-hybridized carbons (Fsp3) is 0.462. The molecule has 1 atom stereocenters. The van der Waals surface area contributed by atoms with Gasteiger partial charge in [0.05, 0.1) is 12.5 Å². The van der Waals surface area contributed by atoms with Crippen molar-refractivity contribution in [2.75, 3.05) is 0 Å². The molecule has 0 heterocycles. The maximum Gasteiger partial charge on any atom is 0.222 e. The van der Waals surface area contributed by atoms with Gasteiger partial charge in [0.15, 0.2) is 0 Å². The van der Waals surface area contributed by atoms with Crippen LogP contribution in [0.5, 0.6) is 0 Å². The molecule has 1 rings (SSSR count). The van der Waals surface area contributed by atoms with Gasteiger partial charge in [0.1, 0.15) is 5.82 Å². The first-order chi connectivity index (χ1) is 8.40. The van der Waals surface area contributed by atoms with Gasteiger partial charge >= 0.3 is 0 Å². The van der Waals surface area contributed by atoms with Crippen molar-refractivity contribution in [3.8, 4) is 0 Å². The van der Waals surface area contributed by atoms with Crippen molar-refractivity contribution >= 4 is 21.8 Å². The summed E-state index contributed by atoms with van der Waals surface area (Å²) in [6, 6.07) is 4.31. The van der Waals surface area contributed by atoms with E-state index in [2.05, 4.69) is 21.2 Å². The van der Waals surface area contributed by atoms with Gasteiger partial charge in [0.2, 0.25) is 5.91 Å². The molecule has 0 aromatic heterocycles. The molecule has 1 unspecified atom stereocenters. The Hall–Kier alpha value is -0.940. The number of hydrogen-bond donors (Lipinski definition) is 2. The summed E-state index contributed by atoms with van der Waals surface area (Å²) >= 11 is 3.29. The normalized spacial score (nSPS) is 12.6. The van der Waals surface area contributed by atoms with Crippen molar-refractivity contribution in [3.63, 3.8) is 0 Å². The van der Waals surface area contributed by atoms with Gasteiger partial charge in [-0.25, -0.2) is 4.39 Å². The van der Waals surface area contributed by atoms with E-state index in [1.165, 1.54) is 12.1 Å². The lowest BCUT2D eigenvalue weighted by Gasteiger charge is -2.14. The first-order valence-electron chi connectivity index (χ1n) is 5.79. The van der Waals surface area contributed by atoms with Crippen LogP contribution in [-0.2, 0) is 11.3 Å². The molecule has 0 saturated heterocycles. The Morgan fingerprint density at radius 3 is 2.78 bits per heavy atom. The monoisotopic (exact) mass is 317 g/mol. The molecule has 3 nitrogen and oxygen atoms in total. The fourth-order valence-corrected chi connectivity index (χ4v) is 1.76. The van der Waals surface area contributed by atoms with E-state index in [1.54, 1.807) is 6.07 Å². The van der Waals surface area contributed by atoms with E-state index in [0.717, 1.165) is 4.47 Å². The molecule has 0 fully saturated rings. The zero-order valence-corrected chi connectivity index (χ0v) is 12.0. The maximum absolute atomic E-state index is 13.0. The van der Waals surface area contributed by atoms with Crippen LogP contribution >= 0.6 is 15.9 Å². The molecule has 5 heteroatoms. The van der Waals surface area contributed by atoms with Crippen LogP contribution in [-0.4, -0.2) is 17.1 Å². The second-order valence-electron chi connectivity index (χ2n) is 4.53. The Bertz CT molecular complexity index is 423. The third-order valence-corrected chi connectivity index (χ3v) is 3.42. The predicted molar refractivity (Wildman–Crippen MR) is 71.4 cm³/mol. The molecule has 0 bridgehead atoms. The lowest BCUT2D eigenvalue weighted by molar-refractivity contribution is -0.123. The highest BCUT2D eigenvalue weighted by Gasteiger charge is 2.14. The summed E-state index contributed by atoms with van der Waals surface area (Å²) in [5.74, 6) is -0.548. The number of halogens is 2. The smallest absolute Gasteiger partial charge is 0.222 e. The molecule has 2 N–H and O–H groups in total. The minimum absolute atomic E-state index is 0.0386. The van der Waals surface area contributed by atoms with Crippen molar-refractivity contribution in [2.24, 2.45) is 5.92 Å². The molecule has 0 radical (unpaired) electrons. The summed E-state index contributed by atoms with van der Waals surface area (Å²) in [5, 5.41) is 12.2. The van der Waals surface area contributed by atoms with Gasteiger partial charge in [0.25, 0.3) is 0 Å². The zero-order valence-electron chi connectivity index (χ0n) is 10.4. The lowest BCUT2D eigenvalue weighted by atomic mass is 10.0. The van der Waals surface area contributed by atoms with E-state index in [-0.39, 0.29) is 30.6 Å². The highest BCUT2D eigenvalue weighted by atomic mass is 79.9. The Morgan fingerprint density at radius 1 is 1.50 bits per heavy atom. The molecule has 0 saturated carbocycles. The van der Waals surface area contributed by atoms with E-state index in [4.69, 9.17) is 0 Å². The molecule has 100 valence electrons. The molecule has 1 aromatic rings. The third-order valence-electron chi connectivity index (χ3n) is 2.65. The van der Waals surface area contributed by atoms with Crippen LogP contribution in [0, 0.1) is 11.7 Å². The summed E-state index contributed by atoms with van der Waals surface area (Å²) in [5.41, 5.74) is 0.669. The number of rotatable bonds is 5. The van der Waals surface area contributed by atoms with Crippen LogP contribution in [0.1, 0.15) is 25.8 Å². The van der Waals surface area contributed by atoms with Crippen molar-refractivity contribution in [2.45, 2.75) is 32.9 Å². The topological polar surface area (TPSA) is 49.3 Å². The Balaban J connectivity index is 2.50. The Labute approximate surface area is 115 Å². The highest BCUT2D eigenvalue weighted by Crippen LogP contribution is 2.17. The van der Waals surface area contributed by atoms with Gasteiger partial charge < -0.3 is 10.4 Å². The highest BCUT2D eigenvalue weighted by molar-refractivity contribution is 9.10. The van der Waals surface area contributed by atoms with Gasteiger partial charge in [-0.1, -0.05) is 29.8 Å². The number of hydrogen-bond acceptors (Lipinski definition) is 2. The summed E-state index contributed by atoms with van der Waals surface area (Å²) in [6.45, 7) is 3.93. The van der Waals surface area contributed by atoms with Crippen LogP contribution < -0.4 is 5.32 Å². The van der Waals surface area contributed by atoms with E-state index >= 15 is 0 Å². The second kappa shape index (κ2) is 6.85. The molecular weight excluding hydrogens is 301 g/mol. The minimum Gasteiger partial charge on any atom is -0.392 e. The summed E-state index contributed by atoms with van der Waals surface area (Å²) in [7, 11) is 0. The van der Waals surface area contributed by atoms with Crippen LogP contribution in [0.15, 0.2) is 22.7 Å².